The molecule has 0 aromatic rings. The van der Waals surface area contributed by atoms with Gasteiger partial charge in [0.15, 0.2) is 0 Å². The summed E-state index contributed by atoms with van der Waals surface area (Å²) in [6, 6.07) is 0. The maximum absolute atomic E-state index is 5.77. The zero-order chi connectivity index (χ0) is 11.1. The summed E-state index contributed by atoms with van der Waals surface area (Å²) in [5.41, 5.74) is 0. The highest BCUT2D eigenvalue weighted by molar-refractivity contribution is 4.87. The molecule has 0 bridgehead atoms. The molecular weight excluding hydrogens is 200 g/mol. The Balaban J connectivity index is 1.66. The van der Waals surface area contributed by atoms with Crippen LogP contribution in [0.15, 0.2) is 24.3 Å². The maximum atomic E-state index is 5.77. The molecule has 0 radical (unpaired) electrons. The van der Waals surface area contributed by atoms with E-state index in [0.29, 0.717) is 12.2 Å². The van der Waals surface area contributed by atoms with Gasteiger partial charge in [-0.1, -0.05) is 24.3 Å². The average Bonchev–Trinajstić information content (AvgIpc) is 2.71. The van der Waals surface area contributed by atoms with Gasteiger partial charge in [0.2, 0.25) is 0 Å². The van der Waals surface area contributed by atoms with Crippen LogP contribution < -0.4 is 0 Å². The van der Waals surface area contributed by atoms with Crippen molar-refractivity contribution in [2.45, 2.75) is 50.7 Å². The highest BCUT2D eigenvalue weighted by Crippen LogP contribution is 2.19. The summed E-state index contributed by atoms with van der Waals surface area (Å²) in [5, 5.41) is 0. The molecule has 0 aromatic carbocycles. The Morgan fingerprint density at radius 2 is 1.25 bits per heavy atom. The first-order chi connectivity index (χ1) is 7.95. The van der Waals surface area contributed by atoms with Crippen LogP contribution in [0.25, 0.3) is 0 Å². The highest BCUT2D eigenvalue weighted by atomic mass is 16.5. The van der Waals surface area contributed by atoms with Crippen LogP contribution in [0.2, 0.25) is 0 Å². The summed E-state index contributed by atoms with van der Waals surface area (Å²) < 4.78 is 11.5. The summed E-state index contributed by atoms with van der Waals surface area (Å²) in [4.78, 5) is 0. The molecule has 90 valence electrons. The van der Waals surface area contributed by atoms with Crippen LogP contribution in [-0.2, 0) is 9.47 Å². The van der Waals surface area contributed by atoms with Crippen LogP contribution in [0.4, 0.5) is 0 Å². The molecule has 0 aliphatic carbocycles. The summed E-state index contributed by atoms with van der Waals surface area (Å²) in [6.07, 6.45) is 16.6. The standard InChI is InChI=1S/C14H22O2/c1-3-7-13(15-11-5-1)9-10-14-8-4-2-6-12-16-14/h1-2,5-6,13-14H,3-4,7-12H2/t13-,14+. The van der Waals surface area contributed by atoms with E-state index in [9.17, 15) is 0 Å². The van der Waals surface area contributed by atoms with Gasteiger partial charge in [-0.2, -0.15) is 0 Å². The van der Waals surface area contributed by atoms with Gasteiger partial charge in [0, 0.05) is 0 Å². The van der Waals surface area contributed by atoms with E-state index in [1.165, 1.54) is 12.8 Å². The van der Waals surface area contributed by atoms with Crippen molar-refractivity contribution in [3.05, 3.63) is 24.3 Å². The molecule has 2 heteroatoms. The molecule has 16 heavy (non-hydrogen) atoms. The normalized spacial score (nSPS) is 31.0. The molecule has 0 N–H and O–H groups in total. The first-order valence-corrected chi connectivity index (χ1v) is 6.48. The quantitative estimate of drug-likeness (QED) is 0.682. The molecule has 0 fully saturated rings. The Morgan fingerprint density at radius 1 is 0.750 bits per heavy atom. The number of ether oxygens (including phenoxy) is 2. The molecular formula is C14H22O2. The third-order valence-corrected chi connectivity index (χ3v) is 3.31. The minimum absolute atomic E-state index is 0.440. The first-order valence-electron chi connectivity index (χ1n) is 6.48. The fraction of sp³-hybridized carbons (Fsp3) is 0.714. The van der Waals surface area contributed by atoms with Gasteiger partial charge in [0.1, 0.15) is 0 Å². The SMILES string of the molecule is C1=CCO[C@@H](CC[C@@H]2CCC=CCO2)CC1. The van der Waals surface area contributed by atoms with Crippen molar-refractivity contribution in [2.75, 3.05) is 13.2 Å². The van der Waals surface area contributed by atoms with E-state index in [-0.39, 0.29) is 0 Å². The van der Waals surface area contributed by atoms with E-state index in [2.05, 4.69) is 24.3 Å². The predicted molar refractivity (Wildman–Crippen MR) is 65.5 cm³/mol. The second kappa shape index (κ2) is 6.87. The Hall–Kier alpha value is -0.600. The Kier molecular flexibility index (Phi) is 5.10. The molecule has 2 nitrogen and oxygen atoms in total. The monoisotopic (exact) mass is 222 g/mol. The smallest absolute Gasteiger partial charge is 0.0651 e. The molecule has 0 saturated heterocycles. The van der Waals surface area contributed by atoms with Gasteiger partial charge in [-0.15, -0.1) is 0 Å². The highest BCUT2D eigenvalue weighted by Gasteiger charge is 2.15. The third kappa shape index (κ3) is 4.11. The van der Waals surface area contributed by atoms with Crippen LogP contribution in [0.3, 0.4) is 0 Å². The summed E-state index contributed by atoms with van der Waals surface area (Å²) in [5.74, 6) is 0. The molecule has 2 aliphatic rings. The van der Waals surface area contributed by atoms with Crippen LogP contribution in [0.5, 0.6) is 0 Å². The minimum Gasteiger partial charge on any atom is -0.374 e. The summed E-state index contributed by atoms with van der Waals surface area (Å²) in [6.45, 7) is 1.58. The number of hydrogen-bond donors (Lipinski definition) is 0. The lowest BCUT2D eigenvalue weighted by Gasteiger charge is -2.19. The first kappa shape index (κ1) is 11.9. The predicted octanol–water partition coefficient (Wildman–Crippen LogP) is 3.24. The Morgan fingerprint density at radius 3 is 1.75 bits per heavy atom. The third-order valence-electron chi connectivity index (χ3n) is 3.31. The van der Waals surface area contributed by atoms with Crippen molar-refractivity contribution in [1.82, 2.24) is 0 Å². The van der Waals surface area contributed by atoms with Gasteiger partial charge < -0.3 is 9.47 Å². The second-order valence-electron chi connectivity index (χ2n) is 4.59. The Labute approximate surface area is 98.3 Å². The van der Waals surface area contributed by atoms with Gasteiger partial charge in [-0.25, -0.2) is 0 Å². The molecule has 2 aliphatic heterocycles. The van der Waals surface area contributed by atoms with Gasteiger partial charge >= 0.3 is 0 Å². The van der Waals surface area contributed by atoms with E-state index in [4.69, 9.17) is 9.47 Å². The molecule has 0 amide bonds. The zero-order valence-electron chi connectivity index (χ0n) is 9.94. The van der Waals surface area contributed by atoms with Gasteiger partial charge in [0.05, 0.1) is 25.4 Å². The van der Waals surface area contributed by atoms with Crippen LogP contribution in [0.1, 0.15) is 38.5 Å². The number of rotatable bonds is 3. The van der Waals surface area contributed by atoms with Crippen molar-refractivity contribution >= 4 is 0 Å². The minimum atomic E-state index is 0.440. The lowest BCUT2D eigenvalue weighted by molar-refractivity contribution is 0.0276. The van der Waals surface area contributed by atoms with Crippen LogP contribution >= 0.6 is 0 Å². The fourth-order valence-electron chi connectivity index (χ4n) is 2.31. The maximum Gasteiger partial charge on any atom is 0.0651 e. The summed E-state index contributed by atoms with van der Waals surface area (Å²) in [7, 11) is 0. The van der Waals surface area contributed by atoms with Gasteiger partial charge in [-0.3, -0.25) is 0 Å². The Bertz CT molecular complexity index is 199. The molecule has 0 unspecified atom stereocenters. The van der Waals surface area contributed by atoms with E-state index < -0.39 is 0 Å². The van der Waals surface area contributed by atoms with Crippen molar-refractivity contribution in [3.8, 4) is 0 Å². The molecule has 0 aromatic heterocycles. The van der Waals surface area contributed by atoms with Gasteiger partial charge in [0.25, 0.3) is 0 Å². The lowest BCUT2D eigenvalue weighted by Crippen LogP contribution is -2.18. The van der Waals surface area contributed by atoms with Crippen molar-refractivity contribution in [2.24, 2.45) is 0 Å². The van der Waals surface area contributed by atoms with E-state index in [1.807, 2.05) is 0 Å². The largest absolute Gasteiger partial charge is 0.374 e. The molecule has 0 spiro atoms. The fourth-order valence-corrected chi connectivity index (χ4v) is 2.31. The van der Waals surface area contributed by atoms with E-state index in [0.717, 1.165) is 38.9 Å². The summed E-state index contributed by atoms with van der Waals surface area (Å²) >= 11 is 0. The van der Waals surface area contributed by atoms with Crippen molar-refractivity contribution in [1.29, 1.82) is 0 Å². The van der Waals surface area contributed by atoms with Gasteiger partial charge in [-0.05, 0) is 38.5 Å². The number of allylic oxidation sites excluding steroid dienone is 2. The second-order valence-corrected chi connectivity index (χ2v) is 4.59. The zero-order valence-corrected chi connectivity index (χ0v) is 9.94. The lowest BCUT2D eigenvalue weighted by atomic mass is 10.0. The molecule has 0 saturated carbocycles. The van der Waals surface area contributed by atoms with Crippen molar-refractivity contribution in [3.63, 3.8) is 0 Å². The van der Waals surface area contributed by atoms with E-state index >= 15 is 0 Å². The molecule has 2 heterocycles. The topological polar surface area (TPSA) is 18.5 Å². The van der Waals surface area contributed by atoms with Crippen molar-refractivity contribution < 1.29 is 9.47 Å². The van der Waals surface area contributed by atoms with Crippen LogP contribution in [0, 0.1) is 0 Å². The number of hydrogen-bond acceptors (Lipinski definition) is 2. The average molecular weight is 222 g/mol. The molecule has 2 rings (SSSR count). The molecule has 2 atom stereocenters. The van der Waals surface area contributed by atoms with E-state index in [1.54, 1.807) is 0 Å². The van der Waals surface area contributed by atoms with Crippen LogP contribution in [-0.4, -0.2) is 25.4 Å².